The Kier molecular flexibility index (Phi) is 5.81. The number of carbonyl (C=O) groups is 1. The van der Waals surface area contributed by atoms with Crippen LogP contribution in [0.3, 0.4) is 0 Å². The molecule has 0 heterocycles. The molecule has 3 nitrogen and oxygen atoms in total. The summed E-state index contributed by atoms with van der Waals surface area (Å²) in [4.78, 5) is 11.6. The lowest BCUT2D eigenvalue weighted by Crippen LogP contribution is -2.40. The fourth-order valence-corrected chi connectivity index (χ4v) is 2.19. The first-order valence-electron chi connectivity index (χ1n) is 6.62. The number of nitrogens with one attached hydrogen (secondary N) is 1. The number of hydrogen-bond donors (Lipinski definition) is 2. The number of rotatable bonds is 6. The molecule has 1 aliphatic rings. The van der Waals surface area contributed by atoms with Gasteiger partial charge in [0.25, 0.3) is 0 Å². The highest BCUT2D eigenvalue weighted by Crippen LogP contribution is 2.28. The van der Waals surface area contributed by atoms with Gasteiger partial charge >= 0.3 is 0 Å². The van der Waals surface area contributed by atoms with Gasteiger partial charge in [0.05, 0.1) is 0 Å². The Morgan fingerprint density at radius 1 is 1.38 bits per heavy atom. The number of nitrogens with two attached hydrogens (primary N) is 1. The minimum absolute atomic E-state index is 0.0791. The third kappa shape index (κ3) is 4.97. The number of amides is 1. The van der Waals surface area contributed by atoms with Gasteiger partial charge < -0.3 is 11.1 Å². The summed E-state index contributed by atoms with van der Waals surface area (Å²) < 4.78 is 0. The van der Waals surface area contributed by atoms with Crippen molar-refractivity contribution in [2.45, 2.75) is 58.4 Å². The molecule has 1 fully saturated rings. The van der Waals surface area contributed by atoms with E-state index in [2.05, 4.69) is 19.2 Å². The molecule has 0 aromatic rings. The van der Waals surface area contributed by atoms with Gasteiger partial charge in [0.2, 0.25) is 5.91 Å². The third-order valence-corrected chi connectivity index (χ3v) is 3.65. The first-order valence-corrected chi connectivity index (χ1v) is 6.62. The average molecular weight is 226 g/mol. The molecule has 0 radical (unpaired) electrons. The molecule has 0 spiro atoms. The highest BCUT2D eigenvalue weighted by atomic mass is 16.1. The van der Waals surface area contributed by atoms with Crippen LogP contribution in [-0.2, 0) is 4.79 Å². The summed E-state index contributed by atoms with van der Waals surface area (Å²) in [6.07, 6.45) is 7.07. The van der Waals surface area contributed by atoms with E-state index >= 15 is 0 Å². The van der Waals surface area contributed by atoms with Gasteiger partial charge in [0.1, 0.15) is 0 Å². The van der Waals surface area contributed by atoms with Crippen molar-refractivity contribution in [2.24, 2.45) is 17.6 Å². The van der Waals surface area contributed by atoms with E-state index in [1.54, 1.807) is 0 Å². The molecule has 1 rings (SSSR count). The first-order chi connectivity index (χ1) is 7.59. The fraction of sp³-hybridized carbons (Fsp3) is 0.923. The molecule has 0 bridgehead atoms. The average Bonchev–Trinajstić information content (AvgIpc) is 2.75. The van der Waals surface area contributed by atoms with E-state index in [1.165, 1.54) is 25.7 Å². The molecular weight excluding hydrogens is 200 g/mol. The predicted molar refractivity (Wildman–Crippen MR) is 67.0 cm³/mol. The maximum Gasteiger partial charge on any atom is 0.220 e. The predicted octanol–water partition coefficient (Wildman–Crippen LogP) is 2.06. The molecule has 0 saturated heterocycles. The standard InChI is InChI=1S/C13H26N2O/c1-10(2)12(14)9-15-13(16)8-7-11-5-3-4-6-11/h10-12H,3-9,14H2,1-2H3,(H,15,16). The number of hydrogen-bond acceptors (Lipinski definition) is 2. The van der Waals surface area contributed by atoms with Crippen molar-refractivity contribution >= 4 is 5.91 Å². The highest BCUT2D eigenvalue weighted by Gasteiger charge is 2.16. The molecule has 94 valence electrons. The van der Waals surface area contributed by atoms with Crippen LogP contribution in [0.1, 0.15) is 52.4 Å². The van der Waals surface area contributed by atoms with E-state index in [0.29, 0.717) is 18.9 Å². The van der Waals surface area contributed by atoms with Crippen molar-refractivity contribution in [3.8, 4) is 0 Å². The van der Waals surface area contributed by atoms with E-state index < -0.39 is 0 Å². The zero-order valence-electron chi connectivity index (χ0n) is 10.7. The molecule has 1 unspecified atom stereocenters. The topological polar surface area (TPSA) is 55.1 Å². The van der Waals surface area contributed by atoms with E-state index in [9.17, 15) is 4.79 Å². The van der Waals surface area contributed by atoms with Gasteiger partial charge in [0, 0.05) is 19.0 Å². The second-order valence-corrected chi connectivity index (χ2v) is 5.40. The van der Waals surface area contributed by atoms with Crippen LogP contribution in [-0.4, -0.2) is 18.5 Å². The summed E-state index contributed by atoms with van der Waals surface area (Å²) >= 11 is 0. The Bertz CT molecular complexity index is 202. The summed E-state index contributed by atoms with van der Waals surface area (Å²) in [5.74, 6) is 1.39. The second-order valence-electron chi connectivity index (χ2n) is 5.40. The van der Waals surface area contributed by atoms with Crippen LogP contribution in [0.15, 0.2) is 0 Å². The Labute approximate surface area is 99.2 Å². The summed E-state index contributed by atoms with van der Waals surface area (Å²) in [7, 11) is 0. The summed E-state index contributed by atoms with van der Waals surface area (Å²) in [6, 6.07) is 0.0791. The Morgan fingerprint density at radius 3 is 2.56 bits per heavy atom. The monoisotopic (exact) mass is 226 g/mol. The van der Waals surface area contributed by atoms with Crippen molar-refractivity contribution in [1.82, 2.24) is 5.32 Å². The minimum atomic E-state index is 0.0791. The van der Waals surface area contributed by atoms with Gasteiger partial charge in [0.15, 0.2) is 0 Å². The number of carbonyl (C=O) groups excluding carboxylic acids is 1. The van der Waals surface area contributed by atoms with Crippen LogP contribution in [0.2, 0.25) is 0 Å². The normalized spacial score (nSPS) is 19.0. The van der Waals surface area contributed by atoms with E-state index in [0.717, 1.165) is 12.3 Å². The molecule has 1 aliphatic carbocycles. The van der Waals surface area contributed by atoms with E-state index in [-0.39, 0.29) is 11.9 Å². The summed E-state index contributed by atoms with van der Waals surface area (Å²) in [5, 5.41) is 2.92. The zero-order chi connectivity index (χ0) is 12.0. The van der Waals surface area contributed by atoms with Gasteiger partial charge in [-0.15, -0.1) is 0 Å². The van der Waals surface area contributed by atoms with Crippen LogP contribution in [0, 0.1) is 11.8 Å². The van der Waals surface area contributed by atoms with Crippen molar-refractivity contribution in [3.05, 3.63) is 0 Å². The van der Waals surface area contributed by atoms with Gasteiger partial charge in [-0.1, -0.05) is 39.5 Å². The summed E-state index contributed by atoms with van der Waals surface area (Å²) in [5.41, 5.74) is 5.87. The second kappa shape index (κ2) is 6.89. The van der Waals surface area contributed by atoms with Crippen molar-refractivity contribution in [1.29, 1.82) is 0 Å². The summed E-state index contributed by atoms with van der Waals surface area (Å²) in [6.45, 7) is 4.77. The molecule has 0 aromatic heterocycles. The van der Waals surface area contributed by atoms with Crippen LogP contribution in [0.5, 0.6) is 0 Å². The Morgan fingerprint density at radius 2 is 2.00 bits per heavy atom. The van der Waals surface area contributed by atoms with Gasteiger partial charge in [-0.3, -0.25) is 4.79 Å². The van der Waals surface area contributed by atoms with Crippen molar-refractivity contribution in [3.63, 3.8) is 0 Å². The maximum absolute atomic E-state index is 11.6. The third-order valence-electron chi connectivity index (χ3n) is 3.65. The van der Waals surface area contributed by atoms with Crippen LogP contribution in [0.4, 0.5) is 0 Å². The van der Waals surface area contributed by atoms with Crippen LogP contribution >= 0.6 is 0 Å². The molecule has 0 aromatic carbocycles. The van der Waals surface area contributed by atoms with Crippen LogP contribution < -0.4 is 11.1 Å². The molecular formula is C13H26N2O. The molecule has 0 aliphatic heterocycles. The Hall–Kier alpha value is -0.570. The van der Waals surface area contributed by atoms with Crippen molar-refractivity contribution in [2.75, 3.05) is 6.54 Å². The highest BCUT2D eigenvalue weighted by molar-refractivity contribution is 5.75. The largest absolute Gasteiger partial charge is 0.355 e. The molecule has 1 amide bonds. The smallest absolute Gasteiger partial charge is 0.220 e. The molecule has 3 heteroatoms. The Balaban J connectivity index is 2.06. The van der Waals surface area contributed by atoms with Crippen molar-refractivity contribution < 1.29 is 4.79 Å². The minimum Gasteiger partial charge on any atom is -0.355 e. The van der Waals surface area contributed by atoms with E-state index in [4.69, 9.17) is 5.73 Å². The lowest BCUT2D eigenvalue weighted by Gasteiger charge is -2.16. The van der Waals surface area contributed by atoms with Gasteiger partial charge in [-0.25, -0.2) is 0 Å². The lowest BCUT2D eigenvalue weighted by molar-refractivity contribution is -0.121. The SMILES string of the molecule is CC(C)C(N)CNC(=O)CCC1CCCC1. The van der Waals surface area contributed by atoms with Gasteiger partial charge in [-0.05, 0) is 18.3 Å². The molecule has 1 saturated carbocycles. The van der Waals surface area contributed by atoms with Crippen LogP contribution in [0.25, 0.3) is 0 Å². The molecule has 1 atom stereocenters. The van der Waals surface area contributed by atoms with E-state index in [1.807, 2.05) is 0 Å². The van der Waals surface area contributed by atoms with Gasteiger partial charge in [-0.2, -0.15) is 0 Å². The first kappa shape index (κ1) is 13.5. The lowest BCUT2D eigenvalue weighted by atomic mass is 10.0. The molecule has 16 heavy (non-hydrogen) atoms. The fourth-order valence-electron chi connectivity index (χ4n) is 2.19. The molecule has 3 N–H and O–H groups in total. The zero-order valence-corrected chi connectivity index (χ0v) is 10.7. The maximum atomic E-state index is 11.6. The quantitative estimate of drug-likeness (QED) is 0.728.